The minimum absolute atomic E-state index is 0.118. The second-order valence-corrected chi connectivity index (χ2v) is 9.71. The number of nitrogens with one attached hydrogen (secondary N) is 2. The Morgan fingerprint density at radius 1 is 1.15 bits per heavy atom. The molecule has 5 rings (SSSR count). The zero-order chi connectivity index (χ0) is 28.4. The zero-order valence-corrected chi connectivity index (χ0v) is 23.0. The molecule has 10 heteroatoms. The van der Waals surface area contributed by atoms with E-state index >= 15 is 0 Å². The van der Waals surface area contributed by atoms with Crippen LogP contribution in [0.5, 0.6) is 5.75 Å². The van der Waals surface area contributed by atoms with Crippen molar-refractivity contribution in [1.29, 1.82) is 0 Å². The second kappa shape index (κ2) is 11.2. The summed E-state index contributed by atoms with van der Waals surface area (Å²) in [6.45, 7) is 3.64. The highest BCUT2D eigenvalue weighted by atomic mass is 32.1. The summed E-state index contributed by atoms with van der Waals surface area (Å²) < 4.78 is 12.0. The molecule has 2 aromatic heterocycles. The Labute approximate surface area is 236 Å². The van der Waals surface area contributed by atoms with Crippen LogP contribution >= 0.6 is 12.2 Å². The van der Waals surface area contributed by atoms with Gasteiger partial charge in [-0.2, -0.15) is 0 Å². The van der Waals surface area contributed by atoms with Gasteiger partial charge in [0.2, 0.25) is 5.91 Å². The molecule has 1 aliphatic rings. The summed E-state index contributed by atoms with van der Waals surface area (Å²) in [5.74, 6) is 0.646. The number of hydrogen-bond acceptors (Lipinski definition) is 6. The number of carboxylic acids is 1. The standard InChI is InChI=1S/C30H28N4O5S/c1-4-26(35)32-21-11-9-19(16-25(21)38-3)34-28(27(33-30(34)40)22-7-5-6-14-31-22)24-13-12-23(39-24)20-10-8-18(29(36)37)15-17(20)2/h5-16,27-28H,4H2,1-3H3,(H,32,35)(H,33,40)(H,36,37)/t27-,28-/m0/s1. The van der Waals surface area contributed by atoms with E-state index < -0.39 is 12.0 Å². The van der Waals surface area contributed by atoms with Crippen LogP contribution < -0.4 is 20.3 Å². The van der Waals surface area contributed by atoms with Crippen molar-refractivity contribution >= 4 is 40.6 Å². The topological polar surface area (TPSA) is 117 Å². The Balaban J connectivity index is 1.57. The summed E-state index contributed by atoms with van der Waals surface area (Å²) in [7, 11) is 1.55. The van der Waals surface area contributed by atoms with Gasteiger partial charge in [0, 0.05) is 29.9 Å². The molecule has 4 aromatic rings. The first-order valence-electron chi connectivity index (χ1n) is 12.7. The van der Waals surface area contributed by atoms with Gasteiger partial charge in [0.1, 0.15) is 23.3 Å². The summed E-state index contributed by atoms with van der Waals surface area (Å²) in [5.41, 5.74) is 3.89. The predicted molar refractivity (Wildman–Crippen MR) is 156 cm³/mol. The van der Waals surface area contributed by atoms with E-state index in [9.17, 15) is 14.7 Å². The van der Waals surface area contributed by atoms with E-state index in [0.29, 0.717) is 34.5 Å². The van der Waals surface area contributed by atoms with E-state index in [1.165, 1.54) is 0 Å². The number of carboxylic acid groups (broad SMARTS) is 1. The van der Waals surface area contributed by atoms with Crippen molar-refractivity contribution in [2.75, 3.05) is 17.3 Å². The number of aryl methyl sites for hydroxylation is 1. The number of anilines is 2. The molecule has 204 valence electrons. The maximum absolute atomic E-state index is 12.0. The molecular weight excluding hydrogens is 528 g/mol. The number of nitrogens with zero attached hydrogens (tertiary/aromatic N) is 2. The molecule has 2 atom stereocenters. The molecule has 1 aliphatic heterocycles. The van der Waals surface area contributed by atoms with Crippen LogP contribution in [0.2, 0.25) is 0 Å². The van der Waals surface area contributed by atoms with Crippen LogP contribution in [0.1, 0.15) is 52.8 Å². The SMILES string of the molecule is CCC(=O)Nc1ccc(N2C(=S)N[C@@H](c3ccccn3)[C@@H]2c2ccc(-c3ccc(C(=O)O)cc3C)o2)cc1OC. The van der Waals surface area contributed by atoms with Crippen LogP contribution in [0.15, 0.2) is 77.3 Å². The van der Waals surface area contributed by atoms with Crippen LogP contribution in [0.3, 0.4) is 0 Å². The summed E-state index contributed by atoms with van der Waals surface area (Å²) >= 11 is 5.82. The van der Waals surface area contributed by atoms with Gasteiger partial charge in [0.15, 0.2) is 5.11 Å². The fourth-order valence-corrected chi connectivity index (χ4v) is 5.17. The molecule has 40 heavy (non-hydrogen) atoms. The molecule has 0 unspecified atom stereocenters. The Morgan fingerprint density at radius 3 is 2.65 bits per heavy atom. The molecule has 2 aromatic carbocycles. The molecule has 1 amide bonds. The largest absolute Gasteiger partial charge is 0.494 e. The fourth-order valence-electron chi connectivity index (χ4n) is 4.82. The Kier molecular flexibility index (Phi) is 7.52. The van der Waals surface area contributed by atoms with Crippen molar-refractivity contribution in [3.8, 4) is 17.1 Å². The number of amides is 1. The lowest BCUT2D eigenvalue weighted by Crippen LogP contribution is -2.29. The van der Waals surface area contributed by atoms with E-state index in [1.54, 1.807) is 44.5 Å². The Hall–Kier alpha value is -4.70. The third-order valence-electron chi connectivity index (χ3n) is 6.81. The highest BCUT2D eigenvalue weighted by Gasteiger charge is 2.43. The summed E-state index contributed by atoms with van der Waals surface area (Å²) in [6, 6.07) is 19.2. The van der Waals surface area contributed by atoms with Gasteiger partial charge < -0.3 is 29.8 Å². The third kappa shape index (κ3) is 5.13. The highest BCUT2D eigenvalue weighted by Crippen LogP contribution is 2.44. The van der Waals surface area contributed by atoms with E-state index in [2.05, 4.69) is 15.6 Å². The number of pyridine rings is 1. The van der Waals surface area contributed by atoms with E-state index in [0.717, 1.165) is 22.5 Å². The third-order valence-corrected chi connectivity index (χ3v) is 7.13. The quantitative estimate of drug-likeness (QED) is 0.229. The normalized spacial score (nSPS) is 16.5. The van der Waals surface area contributed by atoms with Gasteiger partial charge >= 0.3 is 5.97 Å². The van der Waals surface area contributed by atoms with Crippen molar-refractivity contribution in [2.45, 2.75) is 32.4 Å². The summed E-state index contributed by atoms with van der Waals surface area (Å²) in [5, 5.41) is 16.1. The van der Waals surface area contributed by atoms with Crippen LogP contribution in [0, 0.1) is 6.92 Å². The van der Waals surface area contributed by atoms with Crippen molar-refractivity contribution < 1.29 is 23.8 Å². The fraction of sp³-hybridized carbons (Fsp3) is 0.200. The lowest BCUT2D eigenvalue weighted by atomic mass is 10.0. The first kappa shape index (κ1) is 26.9. The number of thiocarbonyl (C=S) groups is 1. The number of hydrogen-bond donors (Lipinski definition) is 3. The summed E-state index contributed by atoms with van der Waals surface area (Å²) in [6.07, 6.45) is 2.08. The van der Waals surface area contributed by atoms with Crippen molar-refractivity contribution in [3.05, 3.63) is 95.5 Å². The van der Waals surface area contributed by atoms with Gasteiger partial charge in [-0.15, -0.1) is 0 Å². The molecule has 3 N–H and O–H groups in total. The number of aromatic carboxylic acids is 1. The molecule has 1 saturated heterocycles. The molecule has 9 nitrogen and oxygen atoms in total. The van der Waals surface area contributed by atoms with Crippen molar-refractivity contribution in [3.63, 3.8) is 0 Å². The number of aromatic nitrogens is 1. The minimum Gasteiger partial charge on any atom is -0.494 e. The first-order valence-corrected chi connectivity index (χ1v) is 13.1. The Morgan fingerprint density at radius 2 is 1.98 bits per heavy atom. The lowest BCUT2D eigenvalue weighted by molar-refractivity contribution is -0.115. The maximum atomic E-state index is 12.0. The molecule has 0 spiro atoms. The molecule has 1 fully saturated rings. The average molecular weight is 557 g/mol. The smallest absolute Gasteiger partial charge is 0.335 e. The van der Waals surface area contributed by atoms with E-state index in [-0.39, 0.29) is 17.5 Å². The molecule has 0 aliphatic carbocycles. The molecule has 0 radical (unpaired) electrons. The molecule has 3 heterocycles. The Bertz CT molecular complexity index is 1590. The average Bonchev–Trinajstić information content (AvgIpc) is 3.58. The number of furan rings is 1. The second-order valence-electron chi connectivity index (χ2n) is 9.32. The highest BCUT2D eigenvalue weighted by molar-refractivity contribution is 7.80. The van der Waals surface area contributed by atoms with Gasteiger partial charge in [0.25, 0.3) is 0 Å². The van der Waals surface area contributed by atoms with Crippen molar-refractivity contribution in [1.82, 2.24) is 10.3 Å². The zero-order valence-electron chi connectivity index (χ0n) is 22.2. The van der Waals surface area contributed by atoms with Gasteiger partial charge in [-0.25, -0.2) is 4.79 Å². The van der Waals surface area contributed by atoms with Crippen LogP contribution in [0.25, 0.3) is 11.3 Å². The van der Waals surface area contributed by atoms with E-state index in [4.69, 9.17) is 21.4 Å². The van der Waals surface area contributed by atoms with E-state index in [1.807, 2.05) is 54.3 Å². The maximum Gasteiger partial charge on any atom is 0.335 e. The van der Waals surface area contributed by atoms with Gasteiger partial charge in [-0.05, 0) is 73.2 Å². The van der Waals surface area contributed by atoms with Crippen LogP contribution in [-0.4, -0.2) is 34.2 Å². The number of carbonyl (C=O) groups excluding carboxylic acids is 1. The van der Waals surface area contributed by atoms with Gasteiger partial charge in [0.05, 0.1) is 30.1 Å². The predicted octanol–water partition coefficient (Wildman–Crippen LogP) is 5.88. The molecule has 0 saturated carbocycles. The number of rotatable bonds is 8. The first-order chi connectivity index (χ1) is 19.3. The number of ether oxygens (including phenoxy) is 1. The molecular formula is C30H28N4O5S. The number of benzene rings is 2. The summed E-state index contributed by atoms with van der Waals surface area (Å²) in [4.78, 5) is 29.9. The lowest BCUT2D eigenvalue weighted by Gasteiger charge is -2.27. The van der Waals surface area contributed by atoms with Crippen LogP contribution in [-0.2, 0) is 4.79 Å². The van der Waals surface area contributed by atoms with Gasteiger partial charge in [-0.3, -0.25) is 9.78 Å². The van der Waals surface area contributed by atoms with Crippen LogP contribution in [0.4, 0.5) is 11.4 Å². The van der Waals surface area contributed by atoms with Gasteiger partial charge in [-0.1, -0.05) is 19.1 Å². The number of carbonyl (C=O) groups is 2. The number of methoxy groups -OCH3 is 1. The monoisotopic (exact) mass is 556 g/mol. The molecule has 0 bridgehead atoms. The van der Waals surface area contributed by atoms with Crippen molar-refractivity contribution in [2.24, 2.45) is 0 Å². The minimum atomic E-state index is -0.982.